The Morgan fingerprint density at radius 2 is 1.58 bits per heavy atom. The lowest BCUT2D eigenvalue weighted by Gasteiger charge is -2.27. The van der Waals surface area contributed by atoms with Gasteiger partial charge < -0.3 is 0 Å². The van der Waals surface area contributed by atoms with Crippen LogP contribution in [-0.2, 0) is 13.1 Å². The smallest absolute Gasteiger partial charge is 0.0781 e. The van der Waals surface area contributed by atoms with Gasteiger partial charge in [0.15, 0.2) is 0 Å². The van der Waals surface area contributed by atoms with Gasteiger partial charge in [-0.1, -0.05) is 56.1 Å². The van der Waals surface area contributed by atoms with Crippen LogP contribution >= 0.6 is 43.5 Å². The lowest BCUT2D eigenvalue weighted by Crippen LogP contribution is -2.31. The van der Waals surface area contributed by atoms with Crippen molar-refractivity contribution < 1.29 is 0 Å². The Hall–Kier alpha value is -1.14. The molecule has 26 heavy (non-hydrogen) atoms. The van der Waals surface area contributed by atoms with Crippen LogP contribution in [0.1, 0.15) is 17.2 Å². The molecule has 6 heteroatoms. The highest BCUT2D eigenvalue weighted by molar-refractivity contribution is 9.10. The normalized spacial score (nSPS) is 12.5. The largest absolute Gasteiger partial charge is 0.293 e. The molecule has 1 atom stereocenters. The molecule has 0 amide bonds. The lowest BCUT2D eigenvalue weighted by molar-refractivity contribution is 0.217. The minimum Gasteiger partial charge on any atom is -0.293 e. The predicted octanol–water partition coefficient (Wildman–Crippen LogP) is 5.89. The van der Waals surface area contributed by atoms with Crippen LogP contribution in [0.15, 0.2) is 75.9 Å². The molecule has 136 valence electrons. The molecular formula is C20H20Br2ClN3. The molecule has 1 heterocycles. The first-order valence-corrected chi connectivity index (χ1v) is 10.5. The van der Waals surface area contributed by atoms with E-state index in [2.05, 4.69) is 78.3 Å². The summed E-state index contributed by atoms with van der Waals surface area (Å²) in [6, 6.07) is 18.9. The molecule has 0 radical (unpaired) electrons. The highest BCUT2D eigenvalue weighted by Gasteiger charge is 2.17. The van der Waals surface area contributed by atoms with E-state index in [1.165, 1.54) is 11.1 Å². The fourth-order valence-electron chi connectivity index (χ4n) is 2.97. The van der Waals surface area contributed by atoms with Gasteiger partial charge in [-0.05, 0) is 41.5 Å². The van der Waals surface area contributed by atoms with Crippen LogP contribution in [0.25, 0.3) is 0 Å². The van der Waals surface area contributed by atoms with Crippen molar-refractivity contribution in [3.63, 3.8) is 0 Å². The van der Waals surface area contributed by atoms with E-state index in [0.29, 0.717) is 5.88 Å². The maximum Gasteiger partial charge on any atom is 0.0781 e. The Labute approximate surface area is 176 Å². The molecule has 0 aliphatic carbocycles. The molecule has 0 fully saturated rings. The van der Waals surface area contributed by atoms with Crippen molar-refractivity contribution in [2.24, 2.45) is 0 Å². The molecule has 2 aromatic carbocycles. The summed E-state index contributed by atoms with van der Waals surface area (Å²) in [5.41, 5.74) is 2.53. The Balaban J connectivity index is 1.80. The summed E-state index contributed by atoms with van der Waals surface area (Å²) in [6.45, 7) is 2.52. The molecular weight excluding hydrogens is 478 g/mol. The van der Waals surface area contributed by atoms with Gasteiger partial charge in [0.25, 0.3) is 0 Å². The van der Waals surface area contributed by atoms with E-state index in [1.54, 1.807) is 6.20 Å². The van der Waals surface area contributed by atoms with Gasteiger partial charge in [-0.3, -0.25) is 9.58 Å². The third-order valence-corrected chi connectivity index (χ3v) is 5.48. The SMILES string of the molecule is ClC[C@@H](CN(Cc1cccc(Br)c1)Cc1cccc(Br)c1)n1cccn1. The molecule has 0 bridgehead atoms. The zero-order valence-electron chi connectivity index (χ0n) is 14.2. The molecule has 0 aliphatic rings. The van der Waals surface area contributed by atoms with Crippen LogP contribution in [0.3, 0.4) is 0 Å². The first-order chi connectivity index (χ1) is 12.6. The molecule has 3 rings (SSSR count). The second kappa shape index (κ2) is 9.70. The zero-order chi connectivity index (χ0) is 18.4. The third-order valence-electron chi connectivity index (χ3n) is 4.14. The number of nitrogens with zero attached hydrogens (tertiary/aromatic N) is 3. The average molecular weight is 498 g/mol. The van der Waals surface area contributed by atoms with E-state index < -0.39 is 0 Å². The third kappa shape index (κ3) is 5.68. The van der Waals surface area contributed by atoms with E-state index in [1.807, 2.05) is 29.1 Å². The maximum atomic E-state index is 6.26. The summed E-state index contributed by atoms with van der Waals surface area (Å²) < 4.78 is 4.14. The average Bonchev–Trinajstić information content (AvgIpc) is 3.14. The summed E-state index contributed by atoms with van der Waals surface area (Å²) in [5.74, 6) is 0.523. The Bertz CT molecular complexity index is 776. The van der Waals surface area contributed by atoms with Crippen LogP contribution in [0.5, 0.6) is 0 Å². The summed E-state index contributed by atoms with van der Waals surface area (Å²) in [6.07, 6.45) is 3.77. The maximum absolute atomic E-state index is 6.26. The summed E-state index contributed by atoms with van der Waals surface area (Å²) in [7, 11) is 0. The molecule has 3 aromatic rings. The number of benzene rings is 2. The Kier molecular flexibility index (Phi) is 7.32. The fourth-order valence-corrected chi connectivity index (χ4v) is 4.10. The van der Waals surface area contributed by atoms with E-state index >= 15 is 0 Å². The highest BCUT2D eigenvalue weighted by atomic mass is 79.9. The molecule has 0 unspecified atom stereocenters. The van der Waals surface area contributed by atoms with E-state index in [9.17, 15) is 0 Å². The van der Waals surface area contributed by atoms with Gasteiger partial charge in [-0.25, -0.2) is 0 Å². The van der Waals surface area contributed by atoms with Gasteiger partial charge in [-0.15, -0.1) is 11.6 Å². The van der Waals surface area contributed by atoms with Crippen LogP contribution < -0.4 is 0 Å². The van der Waals surface area contributed by atoms with Crippen molar-refractivity contribution in [3.05, 3.63) is 87.1 Å². The minimum atomic E-state index is 0.131. The molecule has 0 spiro atoms. The van der Waals surface area contributed by atoms with Gasteiger partial charge in [-0.2, -0.15) is 5.10 Å². The molecule has 1 aromatic heterocycles. The second-order valence-corrected chi connectivity index (χ2v) is 8.36. The van der Waals surface area contributed by atoms with Crippen LogP contribution in [0.2, 0.25) is 0 Å². The number of alkyl halides is 1. The monoisotopic (exact) mass is 495 g/mol. The number of aromatic nitrogens is 2. The first kappa shape index (κ1) is 19.6. The van der Waals surface area contributed by atoms with Crippen molar-refractivity contribution in [1.29, 1.82) is 0 Å². The highest BCUT2D eigenvalue weighted by Crippen LogP contribution is 2.20. The summed E-state index contributed by atoms with van der Waals surface area (Å²) in [4.78, 5) is 2.41. The van der Waals surface area contributed by atoms with Gasteiger partial charge in [0.2, 0.25) is 0 Å². The quantitative estimate of drug-likeness (QED) is 0.362. The Morgan fingerprint density at radius 3 is 2.04 bits per heavy atom. The fraction of sp³-hybridized carbons (Fsp3) is 0.250. The number of halogens is 3. The number of hydrogen-bond donors (Lipinski definition) is 0. The van der Waals surface area contributed by atoms with Crippen molar-refractivity contribution in [3.8, 4) is 0 Å². The van der Waals surface area contributed by atoms with Crippen molar-refractivity contribution in [1.82, 2.24) is 14.7 Å². The molecule has 0 saturated carbocycles. The van der Waals surface area contributed by atoms with Gasteiger partial charge in [0.1, 0.15) is 0 Å². The standard InChI is InChI=1S/C20H20Br2ClN3/c21-18-6-1-4-16(10-18)13-25(14-17-5-2-7-19(22)11-17)15-20(12-23)26-9-3-8-24-26/h1-11,20H,12-15H2/t20-/m0/s1. The van der Waals surface area contributed by atoms with Crippen LogP contribution in [-0.4, -0.2) is 27.1 Å². The number of hydrogen-bond acceptors (Lipinski definition) is 2. The van der Waals surface area contributed by atoms with Gasteiger partial charge in [0.05, 0.1) is 6.04 Å². The molecule has 0 aliphatic heterocycles. The van der Waals surface area contributed by atoms with E-state index in [4.69, 9.17) is 11.6 Å². The zero-order valence-corrected chi connectivity index (χ0v) is 18.2. The summed E-state index contributed by atoms with van der Waals surface area (Å²) >= 11 is 13.4. The summed E-state index contributed by atoms with van der Waals surface area (Å²) in [5, 5.41) is 4.37. The second-order valence-electron chi connectivity index (χ2n) is 6.22. The Morgan fingerprint density at radius 1 is 0.962 bits per heavy atom. The number of rotatable bonds is 8. The van der Waals surface area contributed by atoms with Crippen molar-refractivity contribution >= 4 is 43.5 Å². The van der Waals surface area contributed by atoms with Gasteiger partial charge >= 0.3 is 0 Å². The van der Waals surface area contributed by atoms with Gasteiger partial charge in [0, 0.05) is 46.9 Å². The predicted molar refractivity (Wildman–Crippen MR) is 114 cm³/mol. The molecule has 3 nitrogen and oxygen atoms in total. The van der Waals surface area contributed by atoms with Crippen LogP contribution in [0.4, 0.5) is 0 Å². The van der Waals surface area contributed by atoms with E-state index in [-0.39, 0.29) is 6.04 Å². The molecule has 0 N–H and O–H groups in total. The van der Waals surface area contributed by atoms with Crippen molar-refractivity contribution in [2.75, 3.05) is 12.4 Å². The molecule has 0 saturated heterocycles. The van der Waals surface area contributed by atoms with Crippen molar-refractivity contribution in [2.45, 2.75) is 19.1 Å². The topological polar surface area (TPSA) is 21.1 Å². The van der Waals surface area contributed by atoms with Crippen LogP contribution in [0, 0.1) is 0 Å². The van der Waals surface area contributed by atoms with E-state index in [0.717, 1.165) is 28.6 Å². The first-order valence-electron chi connectivity index (χ1n) is 8.40. The minimum absolute atomic E-state index is 0.131. The lowest BCUT2D eigenvalue weighted by atomic mass is 10.1.